The molecule has 0 unspecified atom stereocenters. The molecule has 2 aromatic carbocycles. The van der Waals surface area contributed by atoms with E-state index >= 15 is 0 Å². The fraction of sp³-hybridized carbons (Fsp3) is 0.188. The molecule has 0 saturated carbocycles. The molecule has 0 aliphatic heterocycles. The molecule has 4 nitrogen and oxygen atoms in total. The first-order chi connectivity index (χ1) is 9.97. The minimum Gasteiger partial charge on any atom is -0.504 e. The molecule has 5 heteroatoms. The van der Waals surface area contributed by atoms with Crippen molar-refractivity contribution < 1.29 is 10.2 Å². The van der Waals surface area contributed by atoms with Crippen LogP contribution in [0.4, 0.5) is 0 Å². The standard InChI is InChI=1S/C16H15ClN2O2/c1-9(2)19-13-8-11(17)4-5-12(13)18-16(19)10-3-6-14(20)15(21)7-10/h3-9,20-21H,1-2H3. The highest BCUT2D eigenvalue weighted by atomic mass is 35.5. The summed E-state index contributed by atoms with van der Waals surface area (Å²) in [6.45, 7) is 4.12. The molecule has 1 aromatic heterocycles. The molecule has 0 amide bonds. The van der Waals surface area contributed by atoms with Gasteiger partial charge in [0.05, 0.1) is 11.0 Å². The first-order valence-corrected chi connectivity index (χ1v) is 7.05. The predicted molar refractivity (Wildman–Crippen MR) is 83.9 cm³/mol. The molecule has 0 aliphatic carbocycles. The fourth-order valence-electron chi connectivity index (χ4n) is 2.46. The highest BCUT2D eigenvalue weighted by molar-refractivity contribution is 6.31. The molecule has 0 aliphatic rings. The molecule has 0 fully saturated rings. The lowest BCUT2D eigenvalue weighted by Gasteiger charge is -2.13. The minimum atomic E-state index is -0.159. The smallest absolute Gasteiger partial charge is 0.158 e. The van der Waals surface area contributed by atoms with E-state index in [9.17, 15) is 10.2 Å². The minimum absolute atomic E-state index is 0.144. The van der Waals surface area contributed by atoms with E-state index in [1.54, 1.807) is 12.1 Å². The fourth-order valence-corrected chi connectivity index (χ4v) is 2.62. The molecule has 1 heterocycles. The van der Waals surface area contributed by atoms with Gasteiger partial charge in [-0.05, 0) is 50.2 Å². The van der Waals surface area contributed by atoms with E-state index in [1.807, 2.05) is 12.1 Å². The summed E-state index contributed by atoms with van der Waals surface area (Å²) in [4.78, 5) is 4.63. The van der Waals surface area contributed by atoms with Crippen LogP contribution in [0.2, 0.25) is 5.02 Å². The maximum Gasteiger partial charge on any atom is 0.158 e. The zero-order valence-corrected chi connectivity index (χ0v) is 12.5. The summed E-state index contributed by atoms with van der Waals surface area (Å²) < 4.78 is 2.06. The van der Waals surface area contributed by atoms with Crippen LogP contribution in [0, 0.1) is 0 Å². The Balaban J connectivity index is 2.30. The van der Waals surface area contributed by atoms with Gasteiger partial charge in [-0.25, -0.2) is 4.98 Å². The Labute approximate surface area is 127 Å². The van der Waals surface area contributed by atoms with Crippen LogP contribution >= 0.6 is 11.6 Å². The number of aromatic nitrogens is 2. The van der Waals surface area contributed by atoms with Gasteiger partial charge in [0, 0.05) is 16.6 Å². The molecular formula is C16H15ClN2O2. The van der Waals surface area contributed by atoms with E-state index in [-0.39, 0.29) is 17.5 Å². The number of rotatable bonds is 2. The number of nitrogens with zero attached hydrogens (tertiary/aromatic N) is 2. The molecule has 108 valence electrons. The van der Waals surface area contributed by atoms with E-state index in [4.69, 9.17) is 11.6 Å². The zero-order chi connectivity index (χ0) is 15.1. The van der Waals surface area contributed by atoms with Crippen LogP contribution < -0.4 is 0 Å². The molecule has 3 aromatic rings. The number of hydrogen-bond donors (Lipinski definition) is 2. The number of benzene rings is 2. The maximum absolute atomic E-state index is 9.70. The molecule has 21 heavy (non-hydrogen) atoms. The first kappa shape index (κ1) is 13.8. The summed E-state index contributed by atoms with van der Waals surface area (Å²) in [7, 11) is 0. The Morgan fingerprint density at radius 3 is 2.48 bits per heavy atom. The monoisotopic (exact) mass is 302 g/mol. The normalized spacial score (nSPS) is 11.4. The van der Waals surface area contributed by atoms with Gasteiger partial charge < -0.3 is 14.8 Å². The summed E-state index contributed by atoms with van der Waals surface area (Å²) in [6, 6.07) is 10.4. The van der Waals surface area contributed by atoms with Crippen molar-refractivity contribution in [3.63, 3.8) is 0 Å². The molecule has 0 spiro atoms. The number of phenolic OH excluding ortho intramolecular Hbond substituents is 2. The number of halogens is 1. The average Bonchev–Trinajstić information content (AvgIpc) is 2.80. The molecule has 0 saturated heterocycles. The lowest BCUT2D eigenvalue weighted by molar-refractivity contribution is 0.404. The Bertz CT molecular complexity index is 825. The number of aromatic hydroxyl groups is 2. The van der Waals surface area contributed by atoms with Gasteiger partial charge >= 0.3 is 0 Å². The van der Waals surface area contributed by atoms with Gasteiger partial charge in [-0.3, -0.25) is 0 Å². The predicted octanol–water partition coefficient (Wildman–Crippen LogP) is 4.35. The molecule has 2 N–H and O–H groups in total. The van der Waals surface area contributed by atoms with Crippen LogP contribution in [-0.2, 0) is 0 Å². The molecule has 0 bridgehead atoms. The Hall–Kier alpha value is -2.20. The van der Waals surface area contributed by atoms with Crippen molar-refractivity contribution in [1.29, 1.82) is 0 Å². The Morgan fingerprint density at radius 1 is 1.05 bits per heavy atom. The number of imidazole rings is 1. The highest BCUT2D eigenvalue weighted by Crippen LogP contribution is 2.34. The van der Waals surface area contributed by atoms with Crippen molar-refractivity contribution in [3.8, 4) is 22.9 Å². The first-order valence-electron chi connectivity index (χ1n) is 6.67. The summed E-state index contributed by atoms with van der Waals surface area (Å²) in [6.07, 6.45) is 0. The molecule has 0 atom stereocenters. The second-order valence-electron chi connectivity index (χ2n) is 5.24. The SMILES string of the molecule is CC(C)n1c(-c2ccc(O)c(O)c2)nc2ccc(Cl)cc21. The molecule has 3 rings (SSSR count). The topological polar surface area (TPSA) is 58.3 Å². The van der Waals surface area contributed by atoms with Crippen LogP contribution in [0.3, 0.4) is 0 Å². The van der Waals surface area contributed by atoms with E-state index in [1.165, 1.54) is 12.1 Å². The van der Waals surface area contributed by atoms with Crippen molar-refractivity contribution in [2.45, 2.75) is 19.9 Å². The lowest BCUT2D eigenvalue weighted by Crippen LogP contribution is -2.03. The van der Waals surface area contributed by atoms with Crippen molar-refractivity contribution in [2.75, 3.05) is 0 Å². The van der Waals surface area contributed by atoms with Crippen molar-refractivity contribution in [1.82, 2.24) is 9.55 Å². The lowest BCUT2D eigenvalue weighted by atomic mass is 10.2. The van der Waals surface area contributed by atoms with Gasteiger partial charge in [0.1, 0.15) is 5.82 Å². The summed E-state index contributed by atoms with van der Waals surface area (Å²) in [5.74, 6) is 0.430. The van der Waals surface area contributed by atoms with Crippen LogP contribution in [0.1, 0.15) is 19.9 Å². The van der Waals surface area contributed by atoms with E-state index in [2.05, 4.69) is 23.4 Å². The van der Waals surface area contributed by atoms with Crippen molar-refractivity contribution >= 4 is 22.6 Å². The van der Waals surface area contributed by atoms with E-state index in [0.717, 1.165) is 22.4 Å². The third-order valence-corrected chi connectivity index (χ3v) is 3.64. The quantitative estimate of drug-likeness (QED) is 0.692. The van der Waals surface area contributed by atoms with E-state index in [0.29, 0.717) is 5.02 Å². The maximum atomic E-state index is 9.70. The van der Waals surface area contributed by atoms with Gasteiger partial charge in [-0.1, -0.05) is 11.6 Å². The Kier molecular flexibility index (Phi) is 3.26. The number of hydrogen-bond acceptors (Lipinski definition) is 3. The average molecular weight is 303 g/mol. The molecule has 0 radical (unpaired) electrons. The third kappa shape index (κ3) is 2.32. The van der Waals surface area contributed by atoms with Crippen LogP contribution in [0.5, 0.6) is 11.5 Å². The second kappa shape index (κ2) is 4.97. The van der Waals surface area contributed by atoms with Gasteiger partial charge in [-0.2, -0.15) is 0 Å². The Morgan fingerprint density at radius 2 is 1.81 bits per heavy atom. The number of fused-ring (bicyclic) bond motifs is 1. The van der Waals surface area contributed by atoms with Crippen molar-refractivity contribution in [3.05, 3.63) is 41.4 Å². The van der Waals surface area contributed by atoms with Gasteiger partial charge in [0.15, 0.2) is 11.5 Å². The summed E-state index contributed by atoms with van der Waals surface area (Å²) >= 11 is 6.08. The summed E-state index contributed by atoms with van der Waals surface area (Å²) in [5, 5.41) is 19.8. The molecular weight excluding hydrogens is 288 g/mol. The zero-order valence-electron chi connectivity index (χ0n) is 11.7. The van der Waals surface area contributed by atoms with Gasteiger partial charge in [0.2, 0.25) is 0 Å². The second-order valence-corrected chi connectivity index (χ2v) is 5.67. The van der Waals surface area contributed by atoms with Crippen LogP contribution in [-0.4, -0.2) is 19.8 Å². The third-order valence-electron chi connectivity index (χ3n) is 3.40. The van der Waals surface area contributed by atoms with Gasteiger partial charge in [0.25, 0.3) is 0 Å². The summed E-state index contributed by atoms with van der Waals surface area (Å²) in [5.41, 5.74) is 2.53. The van der Waals surface area contributed by atoms with Crippen molar-refractivity contribution in [2.24, 2.45) is 0 Å². The van der Waals surface area contributed by atoms with Crippen LogP contribution in [0.25, 0.3) is 22.4 Å². The highest BCUT2D eigenvalue weighted by Gasteiger charge is 2.16. The van der Waals surface area contributed by atoms with Crippen LogP contribution in [0.15, 0.2) is 36.4 Å². The number of phenols is 2. The largest absolute Gasteiger partial charge is 0.504 e. The van der Waals surface area contributed by atoms with Gasteiger partial charge in [-0.15, -0.1) is 0 Å². The van der Waals surface area contributed by atoms with E-state index < -0.39 is 0 Å².